The summed E-state index contributed by atoms with van der Waals surface area (Å²) in [4.78, 5) is 36.9. The predicted octanol–water partition coefficient (Wildman–Crippen LogP) is 2.67. The maximum atomic E-state index is 12.6. The first-order chi connectivity index (χ1) is 13.0. The Morgan fingerprint density at radius 2 is 2.21 bits per heavy atom. The van der Waals surface area contributed by atoms with Crippen LogP contribution in [0.4, 0.5) is 0 Å². The van der Waals surface area contributed by atoms with Gasteiger partial charge in [0.15, 0.2) is 0 Å². The number of likely N-dealkylation sites (N-methyl/N-ethyl adjacent to an activating group) is 1. The number of carbonyl (C=O) groups is 1. The Bertz CT molecular complexity index is 909. The standard InChI is InChI=1S/C20H28N4O2S.ClH/c1-12-5-6-14-15(10-12)27-20-18(14)19(26)22-16(23-20)7-8-17(25)24-9-3-4-13(11-24)21-2;/h12-13,21H,3-11H2,1-2H3,(H,22,23,26);1H. The third-order valence-corrected chi connectivity index (χ3v) is 7.12. The Hall–Kier alpha value is -1.44. The van der Waals surface area contributed by atoms with Crippen LogP contribution in [0.25, 0.3) is 10.2 Å². The number of carbonyl (C=O) groups excluding carboxylic acids is 1. The number of amides is 1. The zero-order valence-electron chi connectivity index (χ0n) is 16.5. The molecule has 1 aliphatic heterocycles. The number of hydrogen-bond acceptors (Lipinski definition) is 5. The number of aromatic amines is 1. The average molecular weight is 425 g/mol. The van der Waals surface area contributed by atoms with Gasteiger partial charge in [-0.1, -0.05) is 6.92 Å². The zero-order chi connectivity index (χ0) is 19.0. The van der Waals surface area contributed by atoms with Gasteiger partial charge in [0.1, 0.15) is 10.7 Å². The fourth-order valence-corrected chi connectivity index (χ4v) is 5.74. The van der Waals surface area contributed by atoms with E-state index in [2.05, 4.69) is 17.2 Å². The summed E-state index contributed by atoms with van der Waals surface area (Å²) in [5, 5.41) is 4.05. The summed E-state index contributed by atoms with van der Waals surface area (Å²) in [5.41, 5.74) is 1.17. The van der Waals surface area contributed by atoms with Crippen LogP contribution in [0.15, 0.2) is 4.79 Å². The highest BCUT2D eigenvalue weighted by Gasteiger charge is 2.24. The van der Waals surface area contributed by atoms with Gasteiger partial charge in [-0.05, 0) is 50.6 Å². The smallest absolute Gasteiger partial charge is 0.259 e. The highest BCUT2D eigenvalue weighted by atomic mass is 35.5. The molecule has 28 heavy (non-hydrogen) atoms. The van der Waals surface area contributed by atoms with Gasteiger partial charge in [-0.15, -0.1) is 23.7 Å². The van der Waals surface area contributed by atoms with Crippen molar-refractivity contribution in [3.63, 3.8) is 0 Å². The first-order valence-corrected chi connectivity index (χ1v) is 10.8. The minimum Gasteiger partial charge on any atom is -0.341 e. The molecule has 2 aliphatic rings. The summed E-state index contributed by atoms with van der Waals surface area (Å²) in [5.74, 6) is 1.46. The molecule has 8 heteroatoms. The monoisotopic (exact) mass is 424 g/mol. The van der Waals surface area contributed by atoms with Gasteiger partial charge in [0.25, 0.3) is 5.56 Å². The van der Waals surface area contributed by atoms with Gasteiger partial charge in [0, 0.05) is 36.9 Å². The zero-order valence-corrected chi connectivity index (χ0v) is 18.2. The van der Waals surface area contributed by atoms with Crippen molar-refractivity contribution in [2.75, 3.05) is 20.1 Å². The van der Waals surface area contributed by atoms with Gasteiger partial charge in [-0.25, -0.2) is 4.98 Å². The number of halogens is 1. The number of fused-ring (bicyclic) bond motifs is 3. The van der Waals surface area contributed by atoms with Crippen molar-refractivity contribution in [2.24, 2.45) is 5.92 Å². The number of thiophene rings is 1. The van der Waals surface area contributed by atoms with Crippen LogP contribution < -0.4 is 10.9 Å². The molecule has 4 rings (SSSR count). The molecule has 1 fully saturated rings. The van der Waals surface area contributed by atoms with Gasteiger partial charge in [0.05, 0.1) is 5.39 Å². The molecule has 2 atom stereocenters. The van der Waals surface area contributed by atoms with Crippen molar-refractivity contribution in [3.8, 4) is 0 Å². The third kappa shape index (κ3) is 4.26. The van der Waals surface area contributed by atoms with E-state index in [0.29, 0.717) is 30.6 Å². The van der Waals surface area contributed by atoms with Gasteiger partial charge in [0.2, 0.25) is 5.91 Å². The van der Waals surface area contributed by atoms with E-state index in [1.54, 1.807) is 11.3 Å². The van der Waals surface area contributed by atoms with Crippen molar-refractivity contribution in [3.05, 3.63) is 26.6 Å². The minimum atomic E-state index is -0.0391. The second-order valence-electron chi connectivity index (χ2n) is 8.01. The second kappa shape index (κ2) is 8.93. The molecular formula is C20H29ClN4O2S. The Labute approximate surface area is 175 Å². The molecule has 1 amide bonds. The predicted molar refractivity (Wildman–Crippen MR) is 116 cm³/mol. The van der Waals surface area contributed by atoms with Gasteiger partial charge >= 0.3 is 0 Å². The molecule has 2 N–H and O–H groups in total. The molecule has 6 nitrogen and oxygen atoms in total. The van der Waals surface area contributed by atoms with E-state index in [0.717, 1.165) is 55.4 Å². The summed E-state index contributed by atoms with van der Waals surface area (Å²) in [7, 11) is 1.95. The van der Waals surface area contributed by atoms with Gasteiger partial charge in [-0.3, -0.25) is 9.59 Å². The molecule has 2 unspecified atom stereocenters. The molecule has 0 bridgehead atoms. The summed E-state index contributed by atoms with van der Waals surface area (Å²) in [6.45, 7) is 3.87. The summed E-state index contributed by atoms with van der Waals surface area (Å²) >= 11 is 1.66. The fraction of sp³-hybridized carbons (Fsp3) is 0.650. The van der Waals surface area contributed by atoms with Crippen molar-refractivity contribution >= 4 is 39.9 Å². The largest absolute Gasteiger partial charge is 0.341 e. The van der Waals surface area contributed by atoms with E-state index in [9.17, 15) is 9.59 Å². The SMILES string of the molecule is CNC1CCCN(C(=O)CCc2nc3sc4c(c3c(=O)[nH]2)CCC(C)C4)C1.Cl. The van der Waals surface area contributed by atoms with Crippen LogP contribution in [0, 0.1) is 5.92 Å². The Morgan fingerprint density at radius 3 is 3.00 bits per heavy atom. The molecular weight excluding hydrogens is 396 g/mol. The van der Waals surface area contributed by atoms with E-state index >= 15 is 0 Å². The number of hydrogen-bond donors (Lipinski definition) is 2. The quantitative estimate of drug-likeness (QED) is 0.790. The molecule has 1 aliphatic carbocycles. The van der Waals surface area contributed by atoms with Crippen LogP contribution >= 0.6 is 23.7 Å². The van der Waals surface area contributed by atoms with E-state index in [4.69, 9.17) is 4.98 Å². The Morgan fingerprint density at radius 1 is 1.39 bits per heavy atom. The molecule has 3 heterocycles. The first-order valence-electron chi connectivity index (χ1n) is 10.0. The summed E-state index contributed by atoms with van der Waals surface area (Å²) in [6.07, 6.45) is 6.20. The third-order valence-electron chi connectivity index (χ3n) is 5.97. The number of piperidine rings is 1. The lowest BCUT2D eigenvalue weighted by molar-refractivity contribution is -0.132. The van der Waals surface area contributed by atoms with E-state index < -0.39 is 0 Å². The van der Waals surface area contributed by atoms with Crippen LogP contribution in [0.5, 0.6) is 0 Å². The molecule has 0 saturated carbocycles. The van der Waals surface area contributed by atoms with Crippen LogP contribution in [-0.2, 0) is 24.1 Å². The molecule has 0 radical (unpaired) electrons. The molecule has 0 aromatic carbocycles. The van der Waals surface area contributed by atoms with Crippen molar-refractivity contribution < 1.29 is 4.79 Å². The normalized spacial score (nSPS) is 22.0. The van der Waals surface area contributed by atoms with Crippen LogP contribution in [0.3, 0.4) is 0 Å². The number of nitrogens with one attached hydrogen (secondary N) is 2. The molecule has 0 spiro atoms. The second-order valence-corrected chi connectivity index (χ2v) is 9.10. The first kappa shape index (κ1) is 21.3. The Balaban J connectivity index is 0.00000225. The van der Waals surface area contributed by atoms with Crippen molar-refractivity contribution in [1.29, 1.82) is 0 Å². The number of rotatable bonds is 4. The lowest BCUT2D eigenvalue weighted by Crippen LogP contribution is -2.47. The highest BCUT2D eigenvalue weighted by Crippen LogP contribution is 2.35. The average Bonchev–Trinajstić information content (AvgIpc) is 3.03. The molecule has 2 aromatic rings. The van der Waals surface area contributed by atoms with E-state index in [1.165, 1.54) is 10.4 Å². The Kier molecular flexibility index (Phi) is 6.78. The molecule has 2 aromatic heterocycles. The van der Waals surface area contributed by atoms with Crippen LogP contribution in [-0.4, -0.2) is 47.0 Å². The number of aryl methyl sites for hydroxylation is 2. The molecule has 1 saturated heterocycles. The van der Waals surface area contributed by atoms with Crippen molar-refractivity contribution in [2.45, 2.75) is 57.9 Å². The number of H-pyrrole nitrogens is 1. The lowest BCUT2D eigenvalue weighted by atomic mass is 9.89. The summed E-state index contributed by atoms with van der Waals surface area (Å²) in [6, 6.07) is 0.386. The molecule has 154 valence electrons. The minimum absolute atomic E-state index is 0. The number of aromatic nitrogens is 2. The van der Waals surface area contributed by atoms with Gasteiger partial charge in [-0.2, -0.15) is 0 Å². The maximum Gasteiger partial charge on any atom is 0.259 e. The van der Waals surface area contributed by atoms with E-state index in [-0.39, 0.29) is 23.9 Å². The van der Waals surface area contributed by atoms with Crippen LogP contribution in [0.2, 0.25) is 0 Å². The fourth-order valence-electron chi connectivity index (χ4n) is 4.33. The number of nitrogens with zero attached hydrogens (tertiary/aromatic N) is 2. The lowest BCUT2D eigenvalue weighted by Gasteiger charge is -2.32. The van der Waals surface area contributed by atoms with Crippen molar-refractivity contribution in [1.82, 2.24) is 20.2 Å². The topological polar surface area (TPSA) is 78.1 Å². The van der Waals surface area contributed by atoms with Gasteiger partial charge < -0.3 is 15.2 Å². The number of likely N-dealkylation sites (tertiary alicyclic amines) is 1. The summed E-state index contributed by atoms with van der Waals surface area (Å²) < 4.78 is 0. The maximum absolute atomic E-state index is 12.6. The van der Waals surface area contributed by atoms with E-state index in [1.807, 2.05) is 11.9 Å². The highest BCUT2D eigenvalue weighted by molar-refractivity contribution is 7.18. The van der Waals surface area contributed by atoms with Crippen LogP contribution in [0.1, 0.15) is 48.9 Å².